The molecule has 1 fully saturated rings. The number of allylic oxidation sites excluding steroid dienone is 1. The topological polar surface area (TPSA) is 192 Å². The number of thiazole rings is 1. The molecule has 16 heteroatoms. The van der Waals surface area contributed by atoms with Gasteiger partial charge in [0.15, 0.2) is 21.0 Å². The Morgan fingerprint density at radius 1 is 1.27 bits per heavy atom. The van der Waals surface area contributed by atoms with E-state index in [1.165, 1.54) is 63.2 Å². The highest BCUT2D eigenvalue weighted by Crippen LogP contribution is 2.42. The minimum atomic E-state index is -1.22. The summed E-state index contributed by atoms with van der Waals surface area (Å²) in [5.41, 5.74) is 7.50. The summed E-state index contributed by atoms with van der Waals surface area (Å²) in [5.74, 6) is -2.08. The van der Waals surface area contributed by atoms with Crippen molar-refractivity contribution in [3.05, 3.63) is 46.6 Å². The number of aliphatic carboxylic acids is 1. The Bertz CT molecular complexity index is 1570. The van der Waals surface area contributed by atoms with E-state index < -0.39 is 29.2 Å². The quantitative estimate of drug-likeness (QED) is 0.102. The third-order valence-corrected chi connectivity index (χ3v) is 10.2. The number of amides is 2. The first kappa shape index (κ1) is 27.9. The first-order valence-corrected chi connectivity index (χ1v) is 15.5. The van der Waals surface area contributed by atoms with Gasteiger partial charge >= 0.3 is 5.97 Å². The van der Waals surface area contributed by atoms with Gasteiger partial charge in [-0.3, -0.25) is 14.5 Å². The molecule has 2 aliphatic heterocycles. The molecule has 3 aromatic rings. The third-order valence-electron chi connectivity index (χ3n) is 5.99. The molecular formula is C24H22N6O6S4. The van der Waals surface area contributed by atoms with Gasteiger partial charge in [0.05, 0.1) is 11.3 Å². The van der Waals surface area contributed by atoms with Gasteiger partial charge in [0.2, 0.25) is 0 Å². The lowest BCUT2D eigenvalue weighted by Crippen LogP contribution is -2.70. The van der Waals surface area contributed by atoms with Crippen molar-refractivity contribution >= 4 is 74.7 Å². The lowest BCUT2D eigenvalue weighted by atomic mass is 10.0. The van der Waals surface area contributed by atoms with Crippen LogP contribution < -0.4 is 11.1 Å². The predicted molar refractivity (Wildman–Crippen MR) is 154 cm³/mol. The average molecular weight is 619 g/mol. The zero-order valence-electron chi connectivity index (χ0n) is 20.7. The van der Waals surface area contributed by atoms with Crippen LogP contribution in [0.25, 0.3) is 16.1 Å². The summed E-state index contributed by atoms with van der Waals surface area (Å²) in [7, 11) is 0. The Balaban J connectivity index is 1.28. The molecule has 2 aliphatic rings. The highest BCUT2D eigenvalue weighted by atomic mass is 32.2. The lowest BCUT2D eigenvalue weighted by Gasteiger charge is -2.49. The van der Waals surface area contributed by atoms with Crippen molar-refractivity contribution in [2.75, 3.05) is 17.2 Å². The Labute approximate surface area is 244 Å². The molecule has 6 N–H and O–H groups in total. The van der Waals surface area contributed by atoms with E-state index in [1.807, 2.05) is 6.92 Å². The van der Waals surface area contributed by atoms with E-state index in [2.05, 4.69) is 20.5 Å². The van der Waals surface area contributed by atoms with Crippen molar-refractivity contribution in [3.8, 4) is 22.1 Å². The van der Waals surface area contributed by atoms with Gasteiger partial charge in [-0.2, -0.15) is 0 Å². The van der Waals surface area contributed by atoms with E-state index in [-0.39, 0.29) is 22.9 Å². The number of nitrogens with zero attached hydrogens (tertiary/aromatic N) is 4. The van der Waals surface area contributed by atoms with Gasteiger partial charge in [-0.15, -0.1) is 33.3 Å². The number of benzene rings is 1. The van der Waals surface area contributed by atoms with Gasteiger partial charge in [0, 0.05) is 22.4 Å². The number of anilines is 1. The number of phenolic OH excluding ortho intramolecular Hbond substituents is 2. The average Bonchev–Trinajstić information content (AvgIpc) is 3.59. The number of rotatable bonds is 9. The number of nitrogens with one attached hydrogen (secondary N) is 1. The largest absolute Gasteiger partial charge is 0.504 e. The zero-order chi connectivity index (χ0) is 28.6. The number of carboxylic acids is 1. The fraction of sp³-hybridized carbons (Fsp3) is 0.250. The van der Waals surface area contributed by atoms with E-state index in [1.54, 1.807) is 17.5 Å². The van der Waals surface area contributed by atoms with Crippen molar-refractivity contribution in [2.45, 2.75) is 29.1 Å². The number of carboxylic acid groups (broad SMARTS) is 1. The summed E-state index contributed by atoms with van der Waals surface area (Å²) in [6, 6.07) is 3.47. The predicted octanol–water partition coefficient (Wildman–Crippen LogP) is 2.98. The summed E-state index contributed by atoms with van der Waals surface area (Å²) >= 11 is 5.13. The SMILES string of the molecule is CC/C=C(/C(=O)NC1C(=O)N2C(C(=O)O)=C(CSc3nnc(-c4ccc(O)c(O)c4)s3)CS[C@@H]12)c1csc(N)n1. The van der Waals surface area contributed by atoms with E-state index in [4.69, 9.17) is 5.73 Å². The van der Waals surface area contributed by atoms with Crippen LogP contribution in [-0.2, 0) is 14.4 Å². The van der Waals surface area contributed by atoms with Crippen LogP contribution >= 0.6 is 46.2 Å². The molecule has 0 bridgehead atoms. The number of hydrogen-bond donors (Lipinski definition) is 5. The highest BCUT2D eigenvalue weighted by Gasteiger charge is 2.54. The number of nitrogens with two attached hydrogens (primary N) is 1. The van der Waals surface area contributed by atoms with Gasteiger partial charge in [-0.05, 0) is 30.2 Å². The molecule has 1 saturated heterocycles. The summed E-state index contributed by atoms with van der Waals surface area (Å²) in [5, 5.41) is 42.2. The van der Waals surface area contributed by atoms with Gasteiger partial charge in [-0.25, -0.2) is 9.78 Å². The van der Waals surface area contributed by atoms with E-state index in [0.29, 0.717) is 49.1 Å². The first-order valence-electron chi connectivity index (χ1n) is 11.8. The van der Waals surface area contributed by atoms with Crippen LogP contribution in [0.15, 0.2) is 45.3 Å². The number of thioether (sulfide) groups is 2. The number of hydrogen-bond acceptors (Lipinski definition) is 13. The molecule has 208 valence electrons. The molecular weight excluding hydrogens is 597 g/mol. The summed E-state index contributed by atoms with van der Waals surface area (Å²) in [6.07, 6.45) is 2.28. The van der Waals surface area contributed by atoms with Gasteiger partial charge in [-0.1, -0.05) is 36.1 Å². The third kappa shape index (κ3) is 5.39. The molecule has 40 heavy (non-hydrogen) atoms. The number of aromatic hydroxyl groups is 2. The number of phenols is 2. The lowest BCUT2D eigenvalue weighted by molar-refractivity contribution is -0.150. The van der Waals surface area contributed by atoms with Crippen molar-refractivity contribution in [2.24, 2.45) is 0 Å². The molecule has 0 aliphatic carbocycles. The number of carbonyl (C=O) groups excluding carboxylic acids is 2. The number of aromatic nitrogens is 3. The Hall–Kier alpha value is -3.60. The molecule has 5 rings (SSSR count). The van der Waals surface area contributed by atoms with Gasteiger partial charge < -0.3 is 26.4 Å². The summed E-state index contributed by atoms with van der Waals surface area (Å²) in [4.78, 5) is 43.7. The second-order valence-electron chi connectivity index (χ2n) is 8.58. The molecule has 0 spiro atoms. The van der Waals surface area contributed by atoms with E-state index in [9.17, 15) is 29.7 Å². The van der Waals surface area contributed by atoms with Crippen LogP contribution in [0.3, 0.4) is 0 Å². The molecule has 1 aromatic carbocycles. The molecule has 0 saturated carbocycles. The normalized spacial score (nSPS) is 18.9. The maximum absolute atomic E-state index is 13.1. The van der Waals surface area contributed by atoms with Crippen LogP contribution in [0.5, 0.6) is 11.5 Å². The Morgan fingerprint density at radius 3 is 2.75 bits per heavy atom. The number of fused-ring (bicyclic) bond motifs is 1. The fourth-order valence-electron chi connectivity index (χ4n) is 4.13. The Morgan fingerprint density at radius 2 is 2.08 bits per heavy atom. The minimum Gasteiger partial charge on any atom is -0.504 e. The Kier molecular flexibility index (Phi) is 8.02. The number of nitrogen functional groups attached to an aromatic ring is 1. The van der Waals surface area contributed by atoms with Crippen LogP contribution in [0, 0.1) is 0 Å². The van der Waals surface area contributed by atoms with Crippen LogP contribution in [0.1, 0.15) is 19.0 Å². The van der Waals surface area contributed by atoms with Crippen molar-refractivity contribution in [1.82, 2.24) is 25.4 Å². The van der Waals surface area contributed by atoms with Crippen LogP contribution in [0.2, 0.25) is 0 Å². The molecule has 0 radical (unpaired) electrons. The van der Waals surface area contributed by atoms with Crippen molar-refractivity contribution in [1.29, 1.82) is 0 Å². The molecule has 1 unspecified atom stereocenters. The van der Waals surface area contributed by atoms with Crippen molar-refractivity contribution < 1.29 is 29.7 Å². The number of β-lactam (4-membered cyclic amide) rings is 1. The van der Waals surface area contributed by atoms with Gasteiger partial charge in [0.25, 0.3) is 11.8 Å². The van der Waals surface area contributed by atoms with Crippen LogP contribution in [0.4, 0.5) is 5.13 Å². The molecule has 12 nitrogen and oxygen atoms in total. The van der Waals surface area contributed by atoms with E-state index >= 15 is 0 Å². The zero-order valence-corrected chi connectivity index (χ0v) is 24.0. The molecule has 2 aromatic heterocycles. The summed E-state index contributed by atoms with van der Waals surface area (Å²) < 4.78 is 0.574. The van der Waals surface area contributed by atoms with E-state index in [0.717, 1.165) is 0 Å². The first-order chi connectivity index (χ1) is 19.2. The van der Waals surface area contributed by atoms with Crippen LogP contribution in [-0.4, -0.2) is 76.1 Å². The maximum atomic E-state index is 13.1. The minimum absolute atomic E-state index is 0.0865. The maximum Gasteiger partial charge on any atom is 0.352 e. The molecule has 2 atom stereocenters. The molecule has 4 heterocycles. The standard InChI is InChI=1S/C24H22N6O6S4/c1-2-3-12(13-9-38-23(25)26-13)18(33)27-16-20(34)30-17(22(35)36)11(7-37-21(16)30)8-39-24-29-28-19(40-24)10-4-5-14(31)15(32)6-10/h3-6,9,16,21,31-32H,2,7-8H2,1H3,(H2,25,26)(H,27,33)(H,35,36)/b12-3+/t16?,21-/m0/s1. The number of carbonyl (C=O) groups is 3. The second-order valence-corrected chi connectivity index (χ2v) is 12.8. The second kappa shape index (κ2) is 11.5. The summed E-state index contributed by atoms with van der Waals surface area (Å²) in [6.45, 7) is 1.88. The monoisotopic (exact) mass is 618 g/mol. The fourth-order valence-corrected chi connectivity index (χ4v) is 8.03. The van der Waals surface area contributed by atoms with Crippen molar-refractivity contribution in [3.63, 3.8) is 0 Å². The van der Waals surface area contributed by atoms with Gasteiger partial charge in [0.1, 0.15) is 22.1 Å². The molecule has 2 amide bonds. The highest BCUT2D eigenvalue weighted by molar-refractivity contribution is 8.01. The smallest absolute Gasteiger partial charge is 0.352 e.